The molecule has 8 heteroatoms. The Labute approximate surface area is 182 Å². The highest BCUT2D eigenvalue weighted by molar-refractivity contribution is 6.30. The maximum atomic E-state index is 12.7. The largest absolute Gasteiger partial charge is 0.496 e. The third-order valence-electron chi connectivity index (χ3n) is 5.98. The number of rotatable bonds is 6. The minimum Gasteiger partial charge on any atom is -0.496 e. The fourth-order valence-corrected chi connectivity index (χ4v) is 4.49. The standard InChI is InChI=1S/C22H29ClN4O3/c1-3-27-20-8-11-30-14-18(20)19(25-27)13-26-9-6-16(7-10-26)24-22(28)17-5-4-15(23)12-21(17)29-2/h4-5,12,16H,3,6-11,13-14H2,1-2H3,(H,24,28). The van der Waals surface area contributed by atoms with Gasteiger partial charge in [-0.3, -0.25) is 14.4 Å². The normalized spacial score (nSPS) is 17.6. The fourth-order valence-electron chi connectivity index (χ4n) is 4.33. The van der Waals surface area contributed by atoms with Crippen molar-refractivity contribution in [2.24, 2.45) is 0 Å². The topological polar surface area (TPSA) is 68.6 Å². The van der Waals surface area contributed by atoms with Gasteiger partial charge in [-0.15, -0.1) is 0 Å². The van der Waals surface area contributed by atoms with Gasteiger partial charge < -0.3 is 14.8 Å². The molecule has 162 valence electrons. The number of nitrogens with zero attached hydrogens (tertiary/aromatic N) is 3. The van der Waals surface area contributed by atoms with Gasteiger partial charge in [-0.1, -0.05) is 11.6 Å². The molecule has 7 nitrogen and oxygen atoms in total. The van der Waals surface area contributed by atoms with Gasteiger partial charge in [-0.25, -0.2) is 0 Å². The Morgan fingerprint density at radius 2 is 2.17 bits per heavy atom. The lowest BCUT2D eigenvalue weighted by molar-refractivity contribution is 0.0903. The lowest BCUT2D eigenvalue weighted by atomic mass is 10.0. The molecule has 0 radical (unpaired) electrons. The van der Waals surface area contributed by atoms with Crippen molar-refractivity contribution in [3.05, 3.63) is 45.7 Å². The molecule has 4 rings (SSSR count). The van der Waals surface area contributed by atoms with E-state index in [9.17, 15) is 4.79 Å². The highest BCUT2D eigenvalue weighted by Gasteiger charge is 2.26. The van der Waals surface area contributed by atoms with Gasteiger partial charge in [0.1, 0.15) is 5.75 Å². The lowest BCUT2D eigenvalue weighted by Gasteiger charge is -2.32. The van der Waals surface area contributed by atoms with E-state index >= 15 is 0 Å². The molecule has 1 aromatic carbocycles. The van der Waals surface area contributed by atoms with E-state index in [4.69, 9.17) is 26.2 Å². The molecule has 0 atom stereocenters. The molecule has 30 heavy (non-hydrogen) atoms. The third-order valence-corrected chi connectivity index (χ3v) is 6.22. The Morgan fingerprint density at radius 1 is 1.37 bits per heavy atom. The van der Waals surface area contributed by atoms with E-state index in [0.29, 0.717) is 22.9 Å². The summed E-state index contributed by atoms with van der Waals surface area (Å²) in [5, 5.41) is 8.54. The first-order valence-corrected chi connectivity index (χ1v) is 11.0. The predicted octanol–water partition coefficient (Wildman–Crippen LogP) is 3.03. The fraction of sp³-hybridized carbons (Fsp3) is 0.545. The van der Waals surface area contributed by atoms with Gasteiger partial charge in [0.15, 0.2) is 0 Å². The molecule has 0 spiro atoms. The van der Waals surface area contributed by atoms with Crippen LogP contribution in [0.5, 0.6) is 5.75 Å². The molecule has 0 bridgehead atoms. The molecule has 1 aromatic heterocycles. The quantitative estimate of drug-likeness (QED) is 0.759. The van der Waals surface area contributed by atoms with Gasteiger partial charge in [0.05, 0.1) is 31.6 Å². The van der Waals surface area contributed by atoms with Crippen molar-refractivity contribution >= 4 is 17.5 Å². The van der Waals surface area contributed by atoms with Crippen LogP contribution in [0.1, 0.15) is 47.1 Å². The van der Waals surface area contributed by atoms with Crippen LogP contribution >= 0.6 is 11.6 Å². The van der Waals surface area contributed by atoms with Gasteiger partial charge in [0.25, 0.3) is 5.91 Å². The summed E-state index contributed by atoms with van der Waals surface area (Å²) in [6.45, 7) is 7.17. The number of ether oxygens (including phenoxy) is 2. The van der Waals surface area contributed by atoms with E-state index in [1.807, 2.05) is 0 Å². The zero-order valence-corrected chi connectivity index (χ0v) is 18.4. The van der Waals surface area contributed by atoms with Crippen LogP contribution in [0, 0.1) is 0 Å². The van der Waals surface area contributed by atoms with Crippen molar-refractivity contribution in [3.8, 4) is 5.75 Å². The van der Waals surface area contributed by atoms with E-state index in [1.165, 1.54) is 11.3 Å². The molecule has 0 saturated carbocycles. The summed E-state index contributed by atoms with van der Waals surface area (Å²) in [6.07, 6.45) is 2.77. The smallest absolute Gasteiger partial charge is 0.255 e. The number of benzene rings is 1. The number of halogens is 1. The minimum atomic E-state index is -0.116. The number of hydrogen-bond acceptors (Lipinski definition) is 5. The van der Waals surface area contributed by atoms with Crippen molar-refractivity contribution < 1.29 is 14.3 Å². The van der Waals surface area contributed by atoms with Gasteiger partial charge >= 0.3 is 0 Å². The number of aromatic nitrogens is 2. The van der Waals surface area contributed by atoms with Gasteiger partial charge in [-0.05, 0) is 38.0 Å². The monoisotopic (exact) mass is 432 g/mol. The Hall–Kier alpha value is -2.09. The Bertz CT molecular complexity index is 906. The number of fused-ring (bicyclic) bond motifs is 1. The van der Waals surface area contributed by atoms with E-state index in [-0.39, 0.29) is 11.9 Å². The highest BCUT2D eigenvalue weighted by Crippen LogP contribution is 2.25. The predicted molar refractivity (Wildman–Crippen MR) is 115 cm³/mol. The Morgan fingerprint density at radius 3 is 2.90 bits per heavy atom. The lowest BCUT2D eigenvalue weighted by Crippen LogP contribution is -2.44. The second-order valence-electron chi connectivity index (χ2n) is 7.86. The van der Waals surface area contributed by atoms with Crippen LogP contribution in [0.3, 0.4) is 0 Å². The van der Waals surface area contributed by atoms with Crippen LogP contribution in [0.4, 0.5) is 0 Å². The van der Waals surface area contributed by atoms with E-state index in [1.54, 1.807) is 25.3 Å². The van der Waals surface area contributed by atoms with E-state index < -0.39 is 0 Å². The number of carbonyl (C=O) groups excluding carboxylic acids is 1. The van der Waals surface area contributed by atoms with Crippen LogP contribution in [-0.2, 0) is 30.9 Å². The van der Waals surface area contributed by atoms with E-state index in [0.717, 1.165) is 57.7 Å². The first-order chi connectivity index (χ1) is 14.6. The summed E-state index contributed by atoms with van der Waals surface area (Å²) in [5.74, 6) is 0.380. The van der Waals surface area contributed by atoms with Crippen molar-refractivity contribution in [1.29, 1.82) is 0 Å². The van der Waals surface area contributed by atoms with Crippen LogP contribution < -0.4 is 10.1 Å². The molecular formula is C22H29ClN4O3. The molecule has 2 aromatic rings. The molecule has 1 amide bonds. The number of hydrogen-bond donors (Lipinski definition) is 1. The van der Waals surface area contributed by atoms with Crippen LogP contribution in [0.2, 0.25) is 5.02 Å². The third kappa shape index (κ3) is 4.48. The SMILES string of the molecule is CCn1nc(CN2CCC(NC(=O)c3ccc(Cl)cc3OC)CC2)c2c1CCOC2. The highest BCUT2D eigenvalue weighted by atomic mass is 35.5. The van der Waals surface area contributed by atoms with E-state index in [2.05, 4.69) is 21.8 Å². The number of aryl methyl sites for hydroxylation is 1. The molecule has 2 aliphatic rings. The minimum absolute atomic E-state index is 0.116. The maximum absolute atomic E-state index is 12.7. The molecule has 1 saturated heterocycles. The first-order valence-electron chi connectivity index (χ1n) is 10.6. The summed E-state index contributed by atoms with van der Waals surface area (Å²) < 4.78 is 13.1. The summed E-state index contributed by atoms with van der Waals surface area (Å²) in [5.41, 5.74) is 4.26. The van der Waals surface area contributed by atoms with Gasteiger partial charge in [0, 0.05) is 54.9 Å². The average Bonchev–Trinajstić information content (AvgIpc) is 3.12. The zero-order valence-electron chi connectivity index (χ0n) is 17.6. The van der Waals surface area contributed by atoms with Crippen molar-refractivity contribution in [2.45, 2.75) is 51.9 Å². The molecule has 2 aliphatic heterocycles. The summed E-state index contributed by atoms with van der Waals surface area (Å²) in [4.78, 5) is 15.1. The van der Waals surface area contributed by atoms with Gasteiger partial charge in [0.2, 0.25) is 0 Å². The molecule has 3 heterocycles. The van der Waals surface area contributed by atoms with Crippen molar-refractivity contribution in [3.63, 3.8) is 0 Å². The second kappa shape index (κ2) is 9.37. The first kappa shape index (κ1) is 21.2. The summed E-state index contributed by atoms with van der Waals surface area (Å²) in [6, 6.07) is 5.24. The number of carbonyl (C=O) groups is 1. The second-order valence-corrected chi connectivity index (χ2v) is 8.30. The molecule has 0 unspecified atom stereocenters. The van der Waals surface area contributed by atoms with Crippen molar-refractivity contribution in [1.82, 2.24) is 20.0 Å². The van der Waals surface area contributed by atoms with Crippen LogP contribution in [0.15, 0.2) is 18.2 Å². The summed E-state index contributed by atoms with van der Waals surface area (Å²) >= 11 is 6.00. The number of nitrogens with one attached hydrogen (secondary N) is 1. The Balaban J connectivity index is 1.34. The van der Waals surface area contributed by atoms with Gasteiger partial charge in [-0.2, -0.15) is 5.10 Å². The van der Waals surface area contributed by atoms with Crippen LogP contribution in [-0.4, -0.2) is 53.4 Å². The zero-order chi connectivity index (χ0) is 21.1. The number of methoxy groups -OCH3 is 1. The number of piperidine rings is 1. The molecule has 0 aliphatic carbocycles. The molecule has 1 fully saturated rings. The van der Waals surface area contributed by atoms with Crippen molar-refractivity contribution in [2.75, 3.05) is 26.8 Å². The van der Waals surface area contributed by atoms with Crippen LogP contribution in [0.25, 0.3) is 0 Å². The molecular weight excluding hydrogens is 404 g/mol. The average molecular weight is 433 g/mol. The molecule has 1 N–H and O–H groups in total. The Kier molecular flexibility index (Phi) is 6.61. The maximum Gasteiger partial charge on any atom is 0.255 e. The number of likely N-dealkylation sites (tertiary alicyclic amines) is 1. The summed E-state index contributed by atoms with van der Waals surface area (Å²) in [7, 11) is 1.55. The number of amides is 1.